The molecule has 0 spiro atoms. The Kier molecular flexibility index (Phi) is 8.02. The second kappa shape index (κ2) is 10.1. The van der Waals surface area contributed by atoms with Gasteiger partial charge < -0.3 is 24.6 Å². The molecule has 2 unspecified atom stereocenters. The molecule has 6 nitrogen and oxygen atoms in total. The predicted molar refractivity (Wildman–Crippen MR) is 114 cm³/mol. The molecule has 6 heteroatoms. The maximum Gasteiger partial charge on any atom is 0.407 e. The number of hydrogen-bond donors (Lipinski definition) is 2. The van der Waals surface area contributed by atoms with Crippen molar-refractivity contribution in [3.8, 4) is 0 Å². The molecule has 0 bridgehead atoms. The molecule has 29 heavy (non-hydrogen) atoms. The van der Waals surface area contributed by atoms with Gasteiger partial charge in [-0.15, -0.1) is 0 Å². The van der Waals surface area contributed by atoms with Crippen molar-refractivity contribution in [2.45, 2.75) is 65.6 Å². The van der Waals surface area contributed by atoms with E-state index in [0.717, 1.165) is 16.3 Å². The van der Waals surface area contributed by atoms with E-state index in [4.69, 9.17) is 14.2 Å². The number of nitrogens with one attached hydrogen (secondary N) is 1. The molecule has 0 heterocycles. The van der Waals surface area contributed by atoms with Crippen molar-refractivity contribution in [1.29, 1.82) is 0 Å². The molecule has 160 valence electrons. The largest absolute Gasteiger partial charge is 0.444 e. The van der Waals surface area contributed by atoms with Crippen LogP contribution >= 0.6 is 0 Å². The summed E-state index contributed by atoms with van der Waals surface area (Å²) in [6.07, 6.45) is -2.16. The van der Waals surface area contributed by atoms with E-state index in [2.05, 4.69) is 5.32 Å². The van der Waals surface area contributed by atoms with Crippen molar-refractivity contribution in [3.05, 3.63) is 47.5 Å². The first-order valence-electron chi connectivity index (χ1n) is 10.1. The van der Waals surface area contributed by atoms with Crippen LogP contribution in [0.3, 0.4) is 0 Å². The van der Waals surface area contributed by atoms with E-state index in [-0.39, 0.29) is 0 Å². The highest BCUT2D eigenvalue weighted by Gasteiger charge is 2.28. The zero-order valence-electron chi connectivity index (χ0n) is 18.2. The minimum Gasteiger partial charge on any atom is -0.444 e. The van der Waals surface area contributed by atoms with Gasteiger partial charge in [-0.05, 0) is 57.9 Å². The van der Waals surface area contributed by atoms with Gasteiger partial charge in [-0.2, -0.15) is 0 Å². The van der Waals surface area contributed by atoms with Gasteiger partial charge in [-0.1, -0.05) is 36.4 Å². The SMILES string of the molecule is CCOC(OCC)c1ccc2ccccc2c1C(O)C(C)NC(=O)OC(C)(C)C. The average Bonchev–Trinajstić information content (AvgIpc) is 2.64. The van der Waals surface area contributed by atoms with Crippen LogP contribution in [0.15, 0.2) is 36.4 Å². The second-order valence-corrected chi connectivity index (χ2v) is 7.91. The molecule has 2 aromatic rings. The van der Waals surface area contributed by atoms with E-state index in [9.17, 15) is 9.90 Å². The first-order chi connectivity index (χ1) is 13.7. The van der Waals surface area contributed by atoms with E-state index in [1.165, 1.54) is 0 Å². The molecule has 0 fully saturated rings. The molecule has 0 aliphatic rings. The summed E-state index contributed by atoms with van der Waals surface area (Å²) in [4.78, 5) is 12.2. The van der Waals surface area contributed by atoms with Crippen molar-refractivity contribution in [1.82, 2.24) is 5.32 Å². The number of hydrogen-bond acceptors (Lipinski definition) is 5. The highest BCUT2D eigenvalue weighted by atomic mass is 16.7. The lowest BCUT2D eigenvalue weighted by molar-refractivity contribution is -0.141. The molecule has 0 saturated heterocycles. The number of carbonyl (C=O) groups is 1. The molecule has 2 N–H and O–H groups in total. The number of amides is 1. The van der Waals surface area contributed by atoms with Crippen LogP contribution < -0.4 is 5.32 Å². The summed E-state index contributed by atoms with van der Waals surface area (Å²) in [5.74, 6) is 0. The molecule has 0 aromatic heterocycles. The van der Waals surface area contributed by atoms with Crippen molar-refractivity contribution < 1.29 is 24.1 Å². The molecule has 2 atom stereocenters. The fourth-order valence-electron chi connectivity index (χ4n) is 3.20. The molecule has 2 aromatic carbocycles. The maximum atomic E-state index is 12.2. The number of aliphatic hydroxyl groups excluding tert-OH is 1. The van der Waals surface area contributed by atoms with E-state index in [1.54, 1.807) is 27.7 Å². The fraction of sp³-hybridized carbons (Fsp3) is 0.522. The summed E-state index contributed by atoms with van der Waals surface area (Å²) in [6.45, 7) is 11.9. The van der Waals surface area contributed by atoms with E-state index in [0.29, 0.717) is 18.8 Å². The van der Waals surface area contributed by atoms with Crippen LogP contribution in [-0.4, -0.2) is 36.1 Å². The lowest BCUT2D eigenvalue weighted by Crippen LogP contribution is -2.41. The van der Waals surface area contributed by atoms with Gasteiger partial charge in [0.15, 0.2) is 6.29 Å². The van der Waals surface area contributed by atoms with Crippen LogP contribution in [0.4, 0.5) is 4.79 Å². The van der Waals surface area contributed by atoms with Crippen LogP contribution in [0.25, 0.3) is 10.8 Å². The van der Waals surface area contributed by atoms with Crippen molar-refractivity contribution in [2.75, 3.05) is 13.2 Å². The molecule has 0 radical (unpaired) electrons. The van der Waals surface area contributed by atoms with Crippen LogP contribution in [-0.2, 0) is 14.2 Å². The third kappa shape index (κ3) is 6.16. The molecule has 1 amide bonds. The summed E-state index contributed by atoms with van der Waals surface area (Å²) >= 11 is 0. The van der Waals surface area contributed by atoms with Gasteiger partial charge >= 0.3 is 6.09 Å². The Morgan fingerprint density at radius 2 is 1.69 bits per heavy atom. The Morgan fingerprint density at radius 1 is 1.07 bits per heavy atom. The van der Waals surface area contributed by atoms with Crippen LogP contribution in [0.1, 0.15) is 65.1 Å². The summed E-state index contributed by atoms with van der Waals surface area (Å²) < 4.78 is 16.9. The molecular formula is C23H33NO5. The van der Waals surface area contributed by atoms with Crippen molar-refractivity contribution in [3.63, 3.8) is 0 Å². The minimum atomic E-state index is -0.980. The van der Waals surface area contributed by atoms with Crippen molar-refractivity contribution in [2.24, 2.45) is 0 Å². The first kappa shape index (κ1) is 23.1. The molecule has 0 aliphatic heterocycles. The monoisotopic (exact) mass is 403 g/mol. The highest BCUT2D eigenvalue weighted by molar-refractivity contribution is 5.87. The van der Waals surface area contributed by atoms with E-state index in [1.807, 2.05) is 50.2 Å². The first-order valence-corrected chi connectivity index (χ1v) is 10.1. The topological polar surface area (TPSA) is 77.0 Å². The van der Waals surface area contributed by atoms with Gasteiger partial charge in [0.1, 0.15) is 11.7 Å². The maximum absolute atomic E-state index is 12.2. The van der Waals surface area contributed by atoms with Gasteiger partial charge in [-0.25, -0.2) is 4.79 Å². The summed E-state index contributed by atoms with van der Waals surface area (Å²) in [5.41, 5.74) is 0.810. The quantitative estimate of drug-likeness (QED) is 0.616. The zero-order valence-corrected chi connectivity index (χ0v) is 18.2. The lowest BCUT2D eigenvalue weighted by Gasteiger charge is -2.28. The Balaban J connectivity index is 2.44. The number of alkyl carbamates (subject to hydrolysis) is 1. The number of fused-ring (bicyclic) bond motifs is 1. The number of aliphatic hydroxyl groups is 1. The Morgan fingerprint density at radius 3 is 2.28 bits per heavy atom. The van der Waals surface area contributed by atoms with Crippen LogP contribution in [0.5, 0.6) is 0 Å². The third-order valence-electron chi connectivity index (χ3n) is 4.41. The van der Waals surface area contributed by atoms with Crippen molar-refractivity contribution >= 4 is 16.9 Å². The standard InChI is InChI=1S/C23H33NO5/c1-7-27-21(28-8-2)18-14-13-16-11-9-10-12-17(16)19(18)20(25)15(3)24-22(26)29-23(4,5)6/h9-15,20-21,25H,7-8H2,1-6H3,(H,24,26). The van der Waals surface area contributed by atoms with Gasteiger partial charge in [-0.3, -0.25) is 0 Å². The zero-order chi connectivity index (χ0) is 21.6. The smallest absolute Gasteiger partial charge is 0.407 e. The highest BCUT2D eigenvalue weighted by Crippen LogP contribution is 2.35. The third-order valence-corrected chi connectivity index (χ3v) is 4.41. The average molecular weight is 404 g/mol. The van der Waals surface area contributed by atoms with Gasteiger partial charge in [0.25, 0.3) is 0 Å². The van der Waals surface area contributed by atoms with Gasteiger partial charge in [0.05, 0.1) is 6.04 Å². The number of benzene rings is 2. The van der Waals surface area contributed by atoms with E-state index < -0.39 is 30.1 Å². The van der Waals surface area contributed by atoms with Crippen LogP contribution in [0, 0.1) is 0 Å². The normalized spacial score (nSPS) is 14.1. The molecule has 0 aliphatic carbocycles. The Bertz CT molecular complexity index is 809. The summed E-state index contributed by atoms with van der Waals surface area (Å²) in [7, 11) is 0. The number of ether oxygens (including phenoxy) is 3. The van der Waals surface area contributed by atoms with Gasteiger partial charge in [0.2, 0.25) is 0 Å². The predicted octanol–water partition coefficient (Wildman–Crippen LogP) is 4.86. The molecule has 2 rings (SSSR count). The lowest BCUT2D eigenvalue weighted by atomic mass is 9.91. The fourth-order valence-corrected chi connectivity index (χ4v) is 3.20. The number of rotatable bonds is 8. The van der Waals surface area contributed by atoms with Gasteiger partial charge in [0, 0.05) is 18.8 Å². The van der Waals surface area contributed by atoms with E-state index >= 15 is 0 Å². The summed E-state index contributed by atoms with van der Waals surface area (Å²) in [6, 6.07) is 11.1. The van der Waals surface area contributed by atoms with Crippen LogP contribution in [0.2, 0.25) is 0 Å². The summed E-state index contributed by atoms with van der Waals surface area (Å²) in [5, 5.41) is 15.8. The molecule has 0 saturated carbocycles. The minimum absolute atomic E-state index is 0.471. The Labute approximate surface area is 173 Å². The second-order valence-electron chi connectivity index (χ2n) is 7.91. The number of carbonyl (C=O) groups excluding carboxylic acids is 1. The molecular weight excluding hydrogens is 370 g/mol. The Hall–Kier alpha value is -2.15.